The highest BCUT2D eigenvalue weighted by Gasteiger charge is 2.22. The Bertz CT molecular complexity index is 1060. The molecule has 1 aromatic carbocycles. The van der Waals surface area contributed by atoms with Crippen LogP contribution in [0.2, 0.25) is 0 Å². The van der Waals surface area contributed by atoms with Crippen molar-refractivity contribution >= 4 is 44.6 Å². The van der Waals surface area contributed by atoms with Crippen molar-refractivity contribution in [2.45, 2.75) is 30.7 Å². The van der Waals surface area contributed by atoms with E-state index < -0.39 is 0 Å². The zero-order valence-electron chi connectivity index (χ0n) is 16.5. The number of aromatic amines is 1. The fourth-order valence-electron chi connectivity index (χ4n) is 2.88. The van der Waals surface area contributed by atoms with Crippen LogP contribution in [0.5, 0.6) is 0 Å². The number of carbonyl (C=O) groups excluding carboxylic acids is 1. The lowest BCUT2D eigenvalue weighted by Crippen LogP contribution is -2.35. The van der Waals surface area contributed by atoms with Crippen molar-refractivity contribution in [2.24, 2.45) is 0 Å². The number of rotatable bonds is 8. The summed E-state index contributed by atoms with van der Waals surface area (Å²) in [5.74, 6) is -0.0801. The third kappa shape index (κ3) is 4.71. The van der Waals surface area contributed by atoms with Gasteiger partial charge in [0.05, 0.1) is 17.2 Å². The van der Waals surface area contributed by atoms with Gasteiger partial charge in [0.2, 0.25) is 5.91 Å². The van der Waals surface area contributed by atoms with Gasteiger partial charge in [0, 0.05) is 29.5 Å². The van der Waals surface area contributed by atoms with Gasteiger partial charge in [-0.1, -0.05) is 34.6 Å². The minimum atomic E-state index is -0.349. The summed E-state index contributed by atoms with van der Waals surface area (Å²) in [6, 6.07) is 7.65. The van der Waals surface area contributed by atoms with E-state index >= 15 is 0 Å². The number of fused-ring (bicyclic) bond motifs is 1. The molecule has 0 saturated heterocycles. The van der Waals surface area contributed by atoms with Crippen molar-refractivity contribution in [3.63, 3.8) is 0 Å². The van der Waals surface area contributed by atoms with Gasteiger partial charge in [0.1, 0.15) is 5.49 Å². The number of benzene rings is 1. The summed E-state index contributed by atoms with van der Waals surface area (Å²) in [6.45, 7) is 4.73. The van der Waals surface area contributed by atoms with E-state index in [0.29, 0.717) is 35.8 Å². The van der Waals surface area contributed by atoms with E-state index in [0.717, 1.165) is 15.9 Å². The minimum Gasteiger partial charge on any atom is -0.383 e. The molecule has 1 atom stereocenters. The number of ether oxygens (including phenoxy) is 1. The average Bonchev–Trinajstić information content (AvgIpc) is 3.08. The molecule has 2 aromatic heterocycles. The van der Waals surface area contributed by atoms with Crippen LogP contribution >= 0.6 is 27.7 Å². The lowest BCUT2D eigenvalue weighted by molar-refractivity contribution is -0.120. The van der Waals surface area contributed by atoms with E-state index in [2.05, 4.69) is 36.4 Å². The SMILES string of the molecule is CC[C@H](Sc1nc2n[nH]c(C)c2c(=N)n1-c1ccc(Br)cc1)C(=O)NCCOC. The summed E-state index contributed by atoms with van der Waals surface area (Å²) in [6.07, 6.45) is 0.621. The molecule has 10 heteroatoms. The van der Waals surface area contributed by atoms with Gasteiger partial charge >= 0.3 is 0 Å². The van der Waals surface area contributed by atoms with Gasteiger partial charge in [-0.2, -0.15) is 5.10 Å². The van der Waals surface area contributed by atoms with Crippen molar-refractivity contribution in [3.8, 4) is 5.69 Å². The molecule has 0 aliphatic carbocycles. The van der Waals surface area contributed by atoms with E-state index in [4.69, 9.17) is 10.1 Å². The van der Waals surface area contributed by atoms with Crippen LogP contribution in [0.3, 0.4) is 0 Å². The summed E-state index contributed by atoms with van der Waals surface area (Å²) < 4.78 is 7.70. The molecule has 0 aliphatic rings. The van der Waals surface area contributed by atoms with E-state index in [1.54, 1.807) is 11.7 Å². The number of aryl methyl sites for hydroxylation is 1. The maximum Gasteiger partial charge on any atom is 0.233 e. The number of amides is 1. The Hall–Kier alpha value is -2.17. The first-order valence-electron chi connectivity index (χ1n) is 9.17. The van der Waals surface area contributed by atoms with E-state index in [-0.39, 0.29) is 16.6 Å². The second-order valence-corrected chi connectivity index (χ2v) is 8.49. The largest absolute Gasteiger partial charge is 0.383 e. The Labute approximate surface area is 181 Å². The molecule has 29 heavy (non-hydrogen) atoms. The fraction of sp³-hybridized carbons (Fsp3) is 0.368. The summed E-state index contributed by atoms with van der Waals surface area (Å²) in [4.78, 5) is 17.3. The lowest BCUT2D eigenvalue weighted by atomic mass is 10.3. The van der Waals surface area contributed by atoms with Crippen molar-refractivity contribution in [1.82, 2.24) is 25.1 Å². The van der Waals surface area contributed by atoms with Crippen molar-refractivity contribution in [3.05, 3.63) is 39.9 Å². The number of nitrogens with zero attached hydrogens (tertiary/aromatic N) is 3. The van der Waals surface area contributed by atoms with Gasteiger partial charge in [-0.05, 0) is 37.6 Å². The molecule has 0 aliphatic heterocycles. The molecular weight excluding hydrogens is 456 g/mol. The van der Waals surface area contributed by atoms with Crippen LogP contribution in [0, 0.1) is 12.3 Å². The fourth-order valence-corrected chi connectivity index (χ4v) is 4.19. The van der Waals surface area contributed by atoms with E-state index in [1.807, 2.05) is 38.1 Å². The van der Waals surface area contributed by atoms with Crippen LogP contribution in [0.4, 0.5) is 0 Å². The normalized spacial score (nSPS) is 12.3. The molecule has 1 amide bonds. The van der Waals surface area contributed by atoms with Crippen molar-refractivity contribution in [1.29, 1.82) is 5.41 Å². The summed E-state index contributed by atoms with van der Waals surface area (Å²) >= 11 is 4.78. The molecule has 0 unspecified atom stereocenters. The number of carbonyl (C=O) groups is 1. The number of methoxy groups -OCH3 is 1. The number of thioether (sulfide) groups is 1. The standard InChI is InChI=1S/C19H23BrN6O2S/c1-4-14(18(27)22-9-10-28-3)29-19-23-17-15(11(2)24-25-17)16(21)26(19)13-7-5-12(20)6-8-13/h5-8,14,21H,4,9-10H2,1-3H3,(H,22,27)(H,24,25)/t14-/m0/s1. The zero-order valence-corrected chi connectivity index (χ0v) is 18.9. The van der Waals surface area contributed by atoms with Gasteiger partial charge in [-0.15, -0.1) is 0 Å². The molecular formula is C19H23BrN6O2S. The molecule has 154 valence electrons. The Balaban J connectivity index is 2.06. The Morgan fingerprint density at radius 3 is 2.79 bits per heavy atom. The smallest absolute Gasteiger partial charge is 0.233 e. The molecule has 0 fully saturated rings. The highest BCUT2D eigenvalue weighted by molar-refractivity contribution is 9.10. The van der Waals surface area contributed by atoms with Crippen LogP contribution in [-0.4, -0.2) is 51.2 Å². The number of hydrogen-bond donors (Lipinski definition) is 3. The summed E-state index contributed by atoms with van der Waals surface area (Å²) in [5.41, 5.74) is 2.33. The third-order valence-corrected chi connectivity index (χ3v) is 6.23. The molecule has 3 rings (SSSR count). The summed E-state index contributed by atoms with van der Waals surface area (Å²) in [5, 5.41) is 19.7. The predicted molar refractivity (Wildman–Crippen MR) is 116 cm³/mol. The van der Waals surface area contributed by atoms with Crippen molar-refractivity contribution in [2.75, 3.05) is 20.3 Å². The Morgan fingerprint density at radius 1 is 1.41 bits per heavy atom. The Kier molecular flexibility index (Phi) is 7.09. The first kappa shape index (κ1) is 21.5. The van der Waals surface area contributed by atoms with Gasteiger partial charge in [-0.3, -0.25) is 19.9 Å². The molecule has 0 saturated carbocycles. The average molecular weight is 479 g/mol. The molecule has 0 spiro atoms. The van der Waals surface area contributed by atoms with Gasteiger partial charge in [0.15, 0.2) is 10.8 Å². The van der Waals surface area contributed by atoms with E-state index in [9.17, 15) is 4.79 Å². The second-order valence-electron chi connectivity index (χ2n) is 6.40. The first-order chi connectivity index (χ1) is 14.0. The van der Waals surface area contributed by atoms with Crippen LogP contribution in [-0.2, 0) is 9.53 Å². The molecule has 3 N–H and O–H groups in total. The van der Waals surface area contributed by atoms with Crippen LogP contribution in [0.25, 0.3) is 16.7 Å². The van der Waals surface area contributed by atoms with Gasteiger partial charge in [-0.25, -0.2) is 4.98 Å². The summed E-state index contributed by atoms with van der Waals surface area (Å²) in [7, 11) is 1.60. The minimum absolute atomic E-state index is 0.0801. The van der Waals surface area contributed by atoms with Crippen LogP contribution < -0.4 is 10.8 Å². The van der Waals surface area contributed by atoms with Crippen LogP contribution in [0.15, 0.2) is 33.9 Å². The zero-order chi connectivity index (χ0) is 21.0. The maximum absolute atomic E-state index is 12.6. The quantitative estimate of drug-likeness (QED) is 0.262. The number of H-pyrrole nitrogens is 1. The Morgan fingerprint density at radius 2 is 2.14 bits per heavy atom. The molecule has 8 nitrogen and oxygen atoms in total. The monoisotopic (exact) mass is 478 g/mol. The number of aromatic nitrogens is 4. The topological polar surface area (TPSA) is 109 Å². The molecule has 0 radical (unpaired) electrons. The number of halogens is 1. The molecule has 0 bridgehead atoms. The lowest BCUT2D eigenvalue weighted by Gasteiger charge is -2.18. The van der Waals surface area contributed by atoms with Gasteiger partial charge < -0.3 is 10.1 Å². The molecule has 3 aromatic rings. The van der Waals surface area contributed by atoms with Crippen LogP contribution in [0.1, 0.15) is 19.0 Å². The number of nitrogens with one attached hydrogen (secondary N) is 3. The van der Waals surface area contributed by atoms with Crippen molar-refractivity contribution < 1.29 is 9.53 Å². The number of hydrogen-bond acceptors (Lipinski definition) is 6. The highest BCUT2D eigenvalue weighted by Crippen LogP contribution is 2.27. The molecule has 2 heterocycles. The first-order valence-corrected chi connectivity index (χ1v) is 10.8. The van der Waals surface area contributed by atoms with Gasteiger partial charge in [0.25, 0.3) is 0 Å². The predicted octanol–water partition coefficient (Wildman–Crippen LogP) is 2.93. The highest BCUT2D eigenvalue weighted by atomic mass is 79.9. The van der Waals surface area contributed by atoms with E-state index in [1.165, 1.54) is 11.8 Å². The second kappa shape index (κ2) is 9.55. The third-order valence-electron chi connectivity index (χ3n) is 4.38. The maximum atomic E-state index is 12.6.